The highest BCUT2D eigenvalue weighted by atomic mass is 16.5. The van der Waals surface area contributed by atoms with Crippen molar-refractivity contribution in [2.24, 2.45) is 10.9 Å². The molecule has 0 radical (unpaired) electrons. The van der Waals surface area contributed by atoms with Gasteiger partial charge in [0.05, 0.1) is 6.61 Å². The van der Waals surface area contributed by atoms with Crippen LogP contribution in [0.25, 0.3) is 5.82 Å². The van der Waals surface area contributed by atoms with Crippen LogP contribution in [0.15, 0.2) is 41.8 Å². The average molecular weight is 384 g/mol. The number of guanidine groups is 1. The molecule has 2 aromatic heterocycles. The Morgan fingerprint density at radius 1 is 1.29 bits per heavy atom. The SMILES string of the molecule is CN=C(NCc1ccnc(-n2cccn2)c1)N1CCN(CC2CCOC2)CC1. The summed E-state index contributed by atoms with van der Waals surface area (Å²) in [4.78, 5) is 13.8. The minimum Gasteiger partial charge on any atom is -0.381 e. The highest BCUT2D eigenvalue weighted by Crippen LogP contribution is 2.15. The molecule has 2 saturated heterocycles. The lowest BCUT2D eigenvalue weighted by molar-refractivity contribution is 0.139. The van der Waals surface area contributed by atoms with Crippen LogP contribution >= 0.6 is 0 Å². The monoisotopic (exact) mass is 383 g/mol. The molecule has 1 N–H and O–H groups in total. The van der Waals surface area contributed by atoms with E-state index in [1.54, 1.807) is 10.9 Å². The molecule has 0 aliphatic carbocycles. The summed E-state index contributed by atoms with van der Waals surface area (Å²) < 4.78 is 7.28. The largest absolute Gasteiger partial charge is 0.381 e. The van der Waals surface area contributed by atoms with Crippen LogP contribution in [-0.4, -0.2) is 83.5 Å². The first kappa shape index (κ1) is 18.9. The summed E-state index contributed by atoms with van der Waals surface area (Å²) in [5.41, 5.74) is 1.15. The van der Waals surface area contributed by atoms with E-state index in [1.165, 1.54) is 6.42 Å². The summed E-state index contributed by atoms with van der Waals surface area (Å²) in [6, 6.07) is 5.97. The standard InChI is InChI=1S/C20H29N7O/c1-21-20(26-10-8-25(9-11-26)15-18-4-12-28-16-18)23-14-17-3-6-22-19(13-17)27-7-2-5-24-27/h2-3,5-7,13,18H,4,8-12,14-16H2,1H3,(H,21,23). The van der Waals surface area contributed by atoms with Crippen molar-refractivity contribution >= 4 is 5.96 Å². The summed E-state index contributed by atoms with van der Waals surface area (Å²) >= 11 is 0. The minimum atomic E-state index is 0.708. The third-order valence-electron chi connectivity index (χ3n) is 5.42. The van der Waals surface area contributed by atoms with Crippen LogP contribution in [-0.2, 0) is 11.3 Å². The fourth-order valence-electron chi connectivity index (χ4n) is 3.85. The van der Waals surface area contributed by atoms with Gasteiger partial charge in [0.15, 0.2) is 11.8 Å². The first-order chi connectivity index (χ1) is 13.8. The van der Waals surface area contributed by atoms with E-state index in [4.69, 9.17) is 4.74 Å². The highest BCUT2D eigenvalue weighted by Gasteiger charge is 2.23. The number of hydrogen-bond donors (Lipinski definition) is 1. The van der Waals surface area contributed by atoms with Gasteiger partial charge in [0.1, 0.15) is 0 Å². The second-order valence-electron chi connectivity index (χ2n) is 7.39. The van der Waals surface area contributed by atoms with Crippen molar-refractivity contribution in [2.75, 3.05) is 53.0 Å². The minimum absolute atomic E-state index is 0.708. The van der Waals surface area contributed by atoms with E-state index in [0.29, 0.717) is 12.5 Å². The fourth-order valence-corrected chi connectivity index (χ4v) is 3.85. The number of nitrogens with one attached hydrogen (secondary N) is 1. The lowest BCUT2D eigenvalue weighted by Gasteiger charge is -2.37. The van der Waals surface area contributed by atoms with Crippen LogP contribution in [0.4, 0.5) is 0 Å². The molecule has 2 fully saturated rings. The van der Waals surface area contributed by atoms with Gasteiger partial charge < -0.3 is 15.0 Å². The number of aliphatic imine (C=N–C) groups is 1. The molecular weight excluding hydrogens is 354 g/mol. The van der Waals surface area contributed by atoms with E-state index in [0.717, 1.165) is 63.3 Å². The Hall–Kier alpha value is -2.45. The Labute approximate surface area is 166 Å². The predicted octanol–water partition coefficient (Wildman–Crippen LogP) is 0.997. The molecule has 0 spiro atoms. The van der Waals surface area contributed by atoms with Crippen molar-refractivity contribution in [3.63, 3.8) is 0 Å². The van der Waals surface area contributed by atoms with Gasteiger partial charge in [0, 0.05) is 71.5 Å². The molecule has 2 aliphatic heterocycles. The van der Waals surface area contributed by atoms with E-state index < -0.39 is 0 Å². The zero-order valence-electron chi connectivity index (χ0n) is 16.5. The van der Waals surface area contributed by atoms with E-state index >= 15 is 0 Å². The van der Waals surface area contributed by atoms with Crippen LogP contribution in [0.1, 0.15) is 12.0 Å². The average Bonchev–Trinajstić information content (AvgIpc) is 3.44. The molecule has 0 amide bonds. The van der Waals surface area contributed by atoms with Gasteiger partial charge in [-0.2, -0.15) is 5.10 Å². The lowest BCUT2D eigenvalue weighted by atomic mass is 10.1. The van der Waals surface area contributed by atoms with E-state index in [2.05, 4.69) is 36.3 Å². The molecular formula is C20H29N7O. The third-order valence-corrected chi connectivity index (χ3v) is 5.42. The second kappa shape index (κ2) is 9.16. The molecule has 1 unspecified atom stereocenters. The smallest absolute Gasteiger partial charge is 0.194 e. The fraction of sp³-hybridized carbons (Fsp3) is 0.550. The third kappa shape index (κ3) is 4.69. The molecule has 2 aliphatic rings. The van der Waals surface area contributed by atoms with Crippen molar-refractivity contribution in [1.29, 1.82) is 0 Å². The van der Waals surface area contributed by atoms with Gasteiger partial charge in [0.2, 0.25) is 0 Å². The Morgan fingerprint density at radius 3 is 2.89 bits per heavy atom. The number of hydrogen-bond acceptors (Lipinski definition) is 5. The van der Waals surface area contributed by atoms with Crippen molar-refractivity contribution in [2.45, 2.75) is 13.0 Å². The molecule has 8 heteroatoms. The van der Waals surface area contributed by atoms with Gasteiger partial charge in [-0.05, 0) is 36.1 Å². The van der Waals surface area contributed by atoms with Crippen molar-refractivity contribution in [3.8, 4) is 5.82 Å². The lowest BCUT2D eigenvalue weighted by Crippen LogP contribution is -2.53. The Kier molecular flexibility index (Phi) is 6.18. The second-order valence-corrected chi connectivity index (χ2v) is 7.39. The quantitative estimate of drug-likeness (QED) is 0.614. The number of nitrogens with zero attached hydrogens (tertiary/aromatic N) is 6. The molecule has 0 saturated carbocycles. The topological polar surface area (TPSA) is 70.8 Å². The molecule has 4 rings (SSSR count). The maximum atomic E-state index is 5.51. The maximum Gasteiger partial charge on any atom is 0.194 e. The van der Waals surface area contributed by atoms with Crippen LogP contribution in [0.3, 0.4) is 0 Å². The molecule has 0 aromatic carbocycles. The first-order valence-corrected chi connectivity index (χ1v) is 10.0. The summed E-state index contributed by atoms with van der Waals surface area (Å²) in [6.07, 6.45) is 6.68. The van der Waals surface area contributed by atoms with Crippen LogP contribution in [0.2, 0.25) is 0 Å². The van der Waals surface area contributed by atoms with E-state index in [1.807, 2.05) is 31.6 Å². The number of ether oxygens (including phenoxy) is 1. The van der Waals surface area contributed by atoms with Crippen LogP contribution in [0, 0.1) is 5.92 Å². The van der Waals surface area contributed by atoms with Crippen molar-refractivity contribution in [1.82, 2.24) is 29.9 Å². The Morgan fingerprint density at radius 2 is 2.18 bits per heavy atom. The number of rotatable bonds is 5. The van der Waals surface area contributed by atoms with Crippen LogP contribution < -0.4 is 5.32 Å². The van der Waals surface area contributed by atoms with E-state index in [-0.39, 0.29) is 0 Å². The maximum absolute atomic E-state index is 5.51. The molecule has 2 aromatic rings. The molecule has 28 heavy (non-hydrogen) atoms. The molecule has 0 bridgehead atoms. The van der Waals surface area contributed by atoms with Crippen molar-refractivity contribution in [3.05, 3.63) is 42.4 Å². The molecule has 4 heterocycles. The number of pyridine rings is 1. The Bertz CT molecular complexity index is 763. The molecule has 1 atom stereocenters. The predicted molar refractivity (Wildman–Crippen MR) is 108 cm³/mol. The summed E-state index contributed by atoms with van der Waals surface area (Å²) in [5, 5.41) is 7.74. The Balaban J connectivity index is 1.28. The van der Waals surface area contributed by atoms with Crippen molar-refractivity contribution < 1.29 is 4.74 Å². The number of aromatic nitrogens is 3. The first-order valence-electron chi connectivity index (χ1n) is 10.0. The summed E-state index contributed by atoms with van der Waals surface area (Å²) in [6.45, 7) is 7.89. The highest BCUT2D eigenvalue weighted by molar-refractivity contribution is 5.80. The molecule has 150 valence electrons. The van der Waals surface area contributed by atoms with E-state index in [9.17, 15) is 0 Å². The summed E-state index contributed by atoms with van der Waals surface area (Å²) in [5.74, 6) is 2.49. The van der Waals surface area contributed by atoms with Crippen LogP contribution in [0.5, 0.6) is 0 Å². The van der Waals surface area contributed by atoms with Gasteiger partial charge in [-0.15, -0.1) is 0 Å². The normalized spacial score (nSPS) is 21.2. The zero-order chi connectivity index (χ0) is 19.2. The number of piperazine rings is 1. The van der Waals surface area contributed by atoms with Gasteiger partial charge in [0.25, 0.3) is 0 Å². The van der Waals surface area contributed by atoms with Gasteiger partial charge in [-0.3, -0.25) is 9.89 Å². The van der Waals surface area contributed by atoms with Gasteiger partial charge in [-0.25, -0.2) is 9.67 Å². The van der Waals surface area contributed by atoms with Gasteiger partial charge in [-0.1, -0.05) is 0 Å². The summed E-state index contributed by atoms with van der Waals surface area (Å²) in [7, 11) is 1.85. The molecule has 8 nitrogen and oxygen atoms in total. The zero-order valence-corrected chi connectivity index (χ0v) is 16.5. The van der Waals surface area contributed by atoms with Gasteiger partial charge >= 0.3 is 0 Å².